The van der Waals surface area contributed by atoms with Crippen molar-refractivity contribution in [2.24, 2.45) is 0 Å². The number of nitrogens with one attached hydrogen (secondary N) is 2. The Balaban J connectivity index is 1.66. The quantitative estimate of drug-likeness (QED) is 0.447. The maximum absolute atomic E-state index is 12.4. The van der Waals surface area contributed by atoms with Crippen LogP contribution in [0.1, 0.15) is 31.0 Å². The maximum Gasteiger partial charge on any atom is 0.348 e. The molecule has 154 valence electrons. The van der Waals surface area contributed by atoms with E-state index in [2.05, 4.69) is 15.6 Å². The predicted octanol–water partition coefficient (Wildman–Crippen LogP) is 1.80. The Kier molecular flexibility index (Phi) is 7.05. The molecule has 0 radical (unpaired) electrons. The van der Waals surface area contributed by atoms with Crippen molar-refractivity contribution in [3.63, 3.8) is 0 Å². The summed E-state index contributed by atoms with van der Waals surface area (Å²) in [5.41, 5.74) is 2.87. The minimum absolute atomic E-state index is 0.0288. The summed E-state index contributed by atoms with van der Waals surface area (Å²) >= 11 is 1.26. The summed E-state index contributed by atoms with van der Waals surface area (Å²) < 4.78 is 1.65. The SMILES string of the molecule is CC(=O)Nc1cccc(NC(=O)CSc2nc(=O)n(CCCO)c3c2CCC3)c1. The number of amides is 2. The van der Waals surface area contributed by atoms with Gasteiger partial charge in [0, 0.05) is 42.7 Å². The molecule has 29 heavy (non-hydrogen) atoms. The van der Waals surface area contributed by atoms with Crippen molar-refractivity contribution in [1.82, 2.24) is 9.55 Å². The fourth-order valence-corrected chi connectivity index (χ4v) is 4.25. The fourth-order valence-electron chi connectivity index (χ4n) is 3.37. The molecule has 1 aliphatic rings. The van der Waals surface area contributed by atoms with Crippen molar-refractivity contribution in [3.05, 3.63) is 46.0 Å². The van der Waals surface area contributed by atoms with E-state index in [-0.39, 0.29) is 29.9 Å². The van der Waals surface area contributed by atoms with Crippen molar-refractivity contribution < 1.29 is 14.7 Å². The lowest BCUT2D eigenvalue weighted by molar-refractivity contribution is -0.114. The number of hydrogen-bond acceptors (Lipinski definition) is 6. The predicted molar refractivity (Wildman–Crippen MR) is 112 cm³/mol. The van der Waals surface area contributed by atoms with Crippen molar-refractivity contribution in [2.75, 3.05) is 23.0 Å². The lowest BCUT2D eigenvalue weighted by Gasteiger charge is -2.13. The van der Waals surface area contributed by atoms with E-state index < -0.39 is 0 Å². The molecule has 1 aromatic carbocycles. The van der Waals surface area contributed by atoms with Crippen LogP contribution in [0.5, 0.6) is 0 Å². The topological polar surface area (TPSA) is 113 Å². The number of nitrogens with zero attached hydrogens (tertiary/aromatic N) is 2. The van der Waals surface area contributed by atoms with Crippen LogP contribution < -0.4 is 16.3 Å². The van der Waals surface area contributed by atoms with Gasteiger partial charge in [-0.2, -0.15) is 4.98 Å². The number of aliphatic hydroxyl groups is 1. The highest BCUT2D eigenvalue weighted by Gasteiger charge is 2.22. The third kappa shape index (κ3) is 5.45. The van der Waals surface area contributed by atoms with Crippen molar-refractivity contribution in [2.45, 2.75) is 44.2 Å². The Morgan fingerprint density at radius 3 is 2.72 bits per heavy atom. The number of carbonyl (C=O) groups excluding carboxylic acids is 2. The molecule has 3 rings (SSSR count). The van der Waals surface area contributed by atoms with Gasteiger partial charge in [-0.05, 0) is 43.9 Å². The Bertz CT molecular complexity index is 973. The number of fused-ring (bicyclic) bond motifs is 1. The lowest BCUT2D eigenvalue weighted by atomic mass is 10.2. The summed E-state index contributed by atoms with van der Waals surface area (Å²) in [6, 6.07) is 6.91. The van der Waals surface area contributed by atoms with E-state index in [1.54, 1.807) is 28.8 Å². The first-order valence-corrected chi connectivity index (χ1v) is 10.5. The zero-order chi connectivity index (χ0) is 20.8. The van der Waals surface area contributed by atoms with Gasteiger partial charge >= 0.3 is 5.69 Å². The van der Waals surface area contributed by atoms with Crippen LogP contribution in [-0.2, 0) is 29.0 Å². The number of aliphatic hydroxyl groups excluding tert-OH is 1. The van der Waals surface area contributed by atoms with Crippen LogP contribution in [0.2, 0.25) is 0 Å². The molecule has 0 atom stereocenters. The number of carbonyl (C=O) groups is 2. The molecule has 1 aliphatic carbocycles. The molecular weight excluding hydrogens is 392 g/mol. The van der Waals surface area contributed by atoms with Gasteiger partial charge in [0.05, 0.1) is 5.75 Å². The van der Waals surface area contributed by atoms with Crippen molar-refractivity contribution >= 4 is 35.0 Å². The standard InChI is InChI=1S/C20H24N4O4S/c1-13(26)21-14-5-2-6-15(11-14)22-18(27)12-29-19-16-7-3-8-17(16)24(9-4-10-25)20(28)23-19/h2,5-6,11,25H,3-4,7-10,12H2,1H3,(H,21,26)(H,22,27). The van der Waals surface area contributed by atoms with Crippen LogP contribution in [0.3, 0.4) is 0 Å². The summed E-state index contributed by atoms with van der Waals surface area (Å²) in [4.78, 5) is 40.1. The molecule has 0 saturated heterocycles. The van der Waals surface area contributed by atoms with Gasteiger partial charge < -0.3 is 15.7 Å². The first kappa shape index (κ1) is 21.1. The largest absolute Gasteiger partial charge is 0.396 e. The minimum Gasteiger partial charge on any atom is -0.396 e. The number of aromatic nitrogens is 2. The molecule has 2 amide bonds. The van der Waals surface area contributed by atoms with Crippen LogP contribution in [0.25, 0.3) is 0 Å². The number of thioether (sulfide) groups is 1. The molecule has 0 spiro atoms. The monoisotopic (exact) mass is 416 g/mol. The van der Waals surface area contributed by atoms with Gasteiger partial charge in [0.25, 0.3) is 0 Å². The number of rotatable bonds is 8. The van der Waals surface area contributed by atoms with E-state index in [9.17, 15) is 14.4 Å². The fraction of sp³-hybridized carbons (Fsp3) is 0.400. The molecule has 1 aromatic heterocycles. The van der Waals surface area contributed by atoms with Gasteiger partial charge in [-0.1, -0.05) is 17.8 Å². The van der Waals surface area contributed by atoms with Gasteiger partial charge in [-0.25, -0.2) is 4.79 Å². The Hall–Kier alpha value is -2.65. The van der Waals surface area contributed by atoms with E-state index >= 15 is 0 Å². The maximum atomic E-state index is 12.4. The summed E-state index contributed by atoms with van der Waals surface area (Å²) in [6.45, 7) is 1.91. The van der Waals surface area contributed by atoms with Crippen LogP contribution >= 0.6 is 11.8 Å². The average molecular weight is 417 g/mol. The molecule has 0 bridgehead atoms. The van der Waals surface area contributed by atoms with E-state index in [1.807, 2.05) is 0 Å². The average Bonchev–Trinajstić information content (AvgIpc) is 3.15. The molecule has 2 aromatic rings. The number of anilines is 2. The highest BCUT2D eigenvalue weighted by Crippen LogP contribution is 2.29. The third-order valence-electron chi connectivity index (χ3n) is 4.55. The molecule has 0 saturated carbocycles. The first-order chi connectivity index (χ1) is 14.0. The van der Waals surface area contributed by atoms with Crippen LogP contribution in [0.4, 0.5) is 11.4 Å². The summed E-state index contributed by atoms with van der Waals surface area (Å²) in [6.07, 6.45) is 3.12. The van der Waals surface area contributed by atoms with Crippen LogP contribution in [0.15, 0.2) is 34.1 Å². The smallest absolute Gasteiger partial charge is 0.348 e. The van der Waals surface area contributed by atoms with E-state index in [0.29, 0.717) is 29.4 Å². The zero-order valence-electron chi connectivity index (χ0n) is 16.2. The number of hydrogen-bond donors (Lipinski definition) is 3. The highest BCUT2D eigenvalue weighted by molar-refractivity contribution is 8.00. The Morgan fingerprint density at radius 1 is 1.24 bits per heavy atom. The molecule has 0 fully saturated rings. The lowest BCUT2D eigenvalue weighted by Crippen LogP contribution is -2.28. The number of benzene rings is 1. The minimum atomic E-state index is -0.329. The second-order valence-electron chi connectivity index (χ2n) is 6.81. The second kappa shape index (κ2) is 9.71. The summed E-state index contributed by atoms with van der Waals surface area (Å²) in [5.74, 6) is -0.269. The molecule has 0 aliphatic heterocycles. The van der Waals surface area contributed by atoms with Crippen LogP contribution in [0, 0.1) is 0 Å². The molecule has 8 nitrogen and oxygen atoms in total. The molecule has 3 N–H and O–H groups in total. The molecule has 9 heteroatoms. The van der Waals surface area contributed by atoms with Crippen molar-refractivity contribution in [1.29, 1.82) is 0 Å². The van der Waals surface area contributed by atoms with E-state index in [1.165, 1.54) is 18.7 Å². The Morgan fingerprint density at radius 2 is 2.00 bits per heavy atom. The van der Waals surface area contributed by atoms with E-state index in [4.69, 9.17) is 5.11 Å². The Labute approximate surface area is 172 Å². The first-order valence-electron chi connectivity index (χ1n) is 9.51. The van der Waals surface area contributed by atoms with Gasteiger partial charge in [-0.3, -0.25) is 14.2 Å². The zero-order valence-corrected chi connectivity index (χ0v) is 17.1. The van der Waals surface area contributed by atoms with Crippen LogP contribution in [-0.4, -0.2) is 38.8 Å². The van der Waals surface area contributed by atoms with E-state index in [0.717, 1.165) is 30.5 Å². The van der Waals surface area contributed by atoms with Crippen molar-refractivity contribution in [3.8, 4) is 0 Å². The second-order valence-corrected chi connectivity index (χ2v) is 7.77. The van der Waals surface area contributed by atoms with Gasteiger partial charge in [-0.15, -0.1) is 0 Å². The molecule has 1 heterocycles. The molecule has 0 unspecified atom stereocenters. The summed E-state index contributed by atoms with van der Waals surface area (Å²) in [7, 11) is 0. The third-order valence-corrected chi connectivity index (χ3v) is 5.56. The molecular formula is C20H24N4O4S. The van der Waals surface area contributed by atoms with Gasteiger partial charge in [0.15, 0.2) is 0 Å². The normalized spacial score (nSPS) is 12.5. The summed E-state index contributed by atoms with van der Waals surface area (Å²) in [5, 5.41) is 15.1. The van der Waals surface area contributed by atoms with Gasteiger partial charge in [0.2, 0.25) is 11.8 Å². The highest BCUT2D eigenvalue weighted by atomic mass is 32.2. The van der Waals surface area contributed by atoms with Gasteiger partial charge in [0.1, 0.15) is 5.03 Å².